The number of hydrogen-bond acceptors (Lipinski definition) is 3. The zero-order chi connectivity index (χ0) is 12.1. The first-order valence-electron chi connectivity index (χ1n) is 4.99. The van der Waals surface area contributed by atoms with Crippen LogP contribution in [0.1, 0.15) is 25.3 Å². The van der Waals surface area contributed by atoms with Crippen molar-refractivity contribution in [3.05, 3.63) is 38.3 Å². The summed E-state index contributed by atoms with van der Waals surface area (Å²) in [5, 5.41) is 10.8. The van der Waals surface area contributed by atoms with Crippen LogP contribution < -0.4 is 0 Å². The molecule has 0 fully saturated rings. The fourth-order valence-electron chi connectivity index (χ4n) is 1.45. The van der Waals surface area contributed by atoms with Gasteiger partial charge in [-0.05, 0) is 18.6 Å². The fraction of sp³-hybridized carbons (Fsp3) is 0.364. The standard InChI is InChI=1S/C11H12BrNO3/c1-2-3-10(14)7-8-6-9(12)4-5-11(8)13(15)16/h4-6H,2-3,7H2,1H3. The Labute approximate surface area is 102 Å². The lowest BCUT2D eigenvalue weighted by atomic mass is 10.0. The lowest BCUT2D eigenvalue weighted by Gasteiger charge is -2.02. The Bertz CT molecular complexity index is 418. The van der Waals surface area contributed by atoms with Crippen LogP contribution in [0.5, 0.6) is 0 Å². The van der Waals surface area contributed by atoms with Crippen LogP contribution in [0.15, 0.2) is 22.7 Å². The highest BCUT2D eigenvalue weighted by Crippen LogP contribution is 2.23. The van der Waals surface area contributed by atoms with Gasteiger partial charge in [-0.2, -0.15) is 0 Å². The topological polar surface area (TPSA) is 60.2 Å². The highest BCUT2D eigenvalue weighted by Gasteiger charge is 2.16. The van der Waals surface area contributed by atoms with Gasteiger partial charge in [0.05, 0.1) is 4.92 Å². The van der Waals surface area contributed by atoms with E-state index in [1.54, 1.807) is 12.1 Å². The molecule has 16 heavy (non-hydrogen) atoms. The number of ketones is 1. The third-order valence-electron chi connectivity index (χ3n) is 2.15. The van der Waals surface area contributed by atoms with Crippen molar-refractivity contribution in [2.75, 3.05) is 0 Å². The van der Waals surface area contributed by atoms with E-state index < -0.39 is 4.92 Å². The van der Waals surface area contributed by atoms with Gasteiger partial charge in [0, 0.05) is 28.9 Å². The monoisotopic (exact) mass is 285 g/mol. The molecule has 0 radical (unpaired) electrons. The minimum absolute atomic E-state index is 0.00709. The van der Waals surface area contributed by atoms with Crippen molar-refractivity contribution in [3.63, 3.8) is 0 Å². The molecule has 0 aliphatic heterocycles. The second-order valence-corrected chi connectivity index (χ2v) is 4.41. The van der Waals surface area contributed by atoms with Gasteiger partial charge >= 0.3 is 0 Å². The Kier molecular flexibility index (Phi) is 4.61. The number of carbonyl (C=O) groups excluding carboxylic acids is 1. The molecule has 0 heterocycles. The van der Waals surface area contributed by atoms with Crippen LogP contribution in [-0.2, 0) is 11.2 Å². The highest BCUT2D eigenvalue weighted by atomic mass is 79.9. The fourth-order valence-corrected chi connectivity index (χ4v) is 1.86. The molecule has 5 heteroatoms. The zero-order valence-electron chi connectivity index (χ0n) is 8.90. The van der Waals surface area contributed by atoms with Crippen molar-refractivity contribution in [3.8, 4) is 0 Å². The van der Waals surface area contributed by atoms with Gasteiger partial charge in [0.1, 0.15) is 5.78 Å². The Balaban J connectivity index is 2.96. The molecular weight excluding hydrogens is 274 g/mol. The lowest BCUT2D eigenvalue weighted by molar-refractivity contribution is -0.385. The molecule has 1 aromatic rings. The molecule has 0 aromatic heterocycles. The van der Waals surface area contributed by atoms with Crippen LogP contribution in [0.3, 0.4) is 0 Å². The third kappa shape index (κ3) is 3.41. The first kappa shape index (κ1) is 12.8. The van der Waals surface area contributed by atoms with E-state index in [0.29, 0.717) is 12.0 Å². The molecule has 0 N–H and O–H groups in total. The molecule has 0 bridgehead atoms. The molecule has 0 saturated heterocycles. The van der Waals surface area contributed by atoms with E-state index in [-0.39, 0.29) is 17.9 Å². The predicted octanol–water partition coefficient (Wildman–Crippen LogP) is 3.27. The molecule has 0 aliphatic carbocycles. The number of nitro groups is 1. The number of hydrogen-bond donors (Lipinski definition) is 0. The maximum Gasteiger partial charge on any atom is 0.273 e. The SMILES string of the molecule is CCCC(=O)Cc1cc(Br)ccc1[N+](=O)[O-]. The molecule has 4 nitrogen and oxygen atoms in total. The van der Waals surface area contributed by atoms with Crippen LogP contribution in [0.25, 0.3) is 0 Å². The summed E-state index contributed by atoms with van der Waals surface area (Å²) in [5.41, 5.74) is 0.477. The summed E-state index contributed by atoms with van der Waals surface area (Å²) in [7, 11) is 0. The zero-order valence-corrected chi connectivity index (χ0v) is 10.5. The van der Waals surface area contributed by atoms with E-state index in [1.807, 2.05) is 6.92 Å². The van der Waals surface area contributed by atoms with Crippen LogP contribution in [-0.4, -0.2) is 10.7 Å². The maximum atomic E-state index is 11.5. The Hall–Kier alpha value is -1.23. The van der Waals surface area contributed by atoms with Gasteiger partial charge in [0.2, 0.25) is 0 Å². The van der Waals surface area contributed by atoms with Crippen molar-refractivity contribution < 1.29 is 9.72 Å². The maximum absolute atomic E-state index is 11.5. The van der Waals surface area contributed by atoms with E-state index in [0.717, 1.165) is 10.9 Å². The van der Waals surface area contributed by atoms with Crippen molar-refractivity contribution in [1.29, 1.82) is 0 Å². The number of nitro benzene ring substituents is 1. The van der Waals surface area contributed by atoms with Gasteiger partial charge in [0.15, 0.2) is 0 Å². The molecule has 0 unspecified atom stereocenters. The van der Waals surface area contributed by atoms with Gasteiger partial charge in [-0.1, -0.05) is 22.9 Å². The summed E-state index contributed by atoms with van der Waals surface area (Å²) < 4.78 is 0.748. The summed E-state index contributed by atoms with van der Waals surface area (Å²) in [6.45, 7) is 1.91. The van der Waals surface area contributed by atoms with E-state index in [4.69, 9.17) is 0 Å². The molecule has 0 saturated carbocycles. The smallest absolute Gasteiger partial charge is 0.273 e. The molecule has 0 spiro atoms. The van der Waals surface area contributed by atoms with Crippen molar-refractivity contribution >= 4 is 27.4 Å². The molecular formula is C11H12BrNO3. The largest absolute Gasteiger partial charge is 0.299 e. The molecule has 0 atom stereocenters. The average molecular weight is 286 g/mol. The van der Waals surface area contributed by atoms with Crippen LogP contribution >= 0.6 is 15.9 Å². The molecule has 0 aliphatic rings. The lowest BCUT2D eigenvalue weighted by Crippen LogP contribution is -2.04. The van der Waals surface area contributed by atoms with E-state index >= 15 is 0 Å². The summed E-state index contributed by atoms with van der Waals surface area (Å²) in [4.78, 5) is 21.8. The van der Waals surface area contributed by atoms with Gasteiger partial charge in [-0.3, -0.25) is 14.9 Å². The normalized spacial score (nSPS) is 10.1. The Morgan fingerprint density at radius 2 is 2.19 bits per heavy atom. The van der Waals surface area contributed by atoms with E-state index in [1.165, 1.54) is 6.07 Å². The number of rotatable bonds is 5. The van der Waals surface area contributed by atoms with Crippen LogP contribution in [0.4, 0.5) is 5.69 Å². The number of benzene rings is 1. The van der Waals surface area contributed by atoms with Crippen molar-refractivity contribution in [2.45, 2.75) is 26.2 Å². The predicted molar refractivity (Wildman–Crippen MR) is 64.4 cm³/mol. The van der Waals surface area contributed by atoms with Crippen molar-refractivity contribution in [1.82, 2.24) is 0 Å². The van der Waals surface area contributed by atoms with Crippen LogP contribution in [0.2, 0.25) is 0 Å². The van der Waals surface area contributed by atoms with Gasteiger partial charge in [0.25, 0.3) is 5.69 Å². The molecule has 0 amide bonds. The first-order chi connectivity index (χ1) is 7.54. The number of nitrogens with zero attached hydrogens (tertiary/aromatic N) is 1. The molecule has 1 aromatic carbocycles. The average Bonchev–Trinajstić information content (AvgIpc) is 2.17. The second-order valence-electron chi connectivity index (χ2n) is 3.50. The third-order valence-corrected chi connectivity index (χ3v) is 2.65. The minimum atomic E-state index is -0.457. The summed E-state index contributed by atoms with van der Waals surface area (Å²) in [6.07, 6.45) is 1.36. The quantitative estimate of drug-likeness (QED) is 0.616. The van der Waals surface area contributed by atoms with Crippen LogP contribution in [0, 0.1) is 10.1 Å². The summed E-state index contributed by atoms with van der Waals surface area (Å²) in [5.74, 6) is 0.0312. The number of Topliss-reactive ketones (excluding diaryl/α,β-unsaturated/α-hetero) is 1. The van der Waals surface area contributed by atoms with Gasteiger partial charge < -0.3 is 0 Å². The minimum Gasteiger partial charge on any atom is -0.299 e. The Morgan fingerprint density at radius 3 is 2.75 bits per heavy atom. The second kappa shape index (κ2) is 5.75. The van der Waals surface area contributed by atoms with E-state index in [2.05, 4.69) is 15.9 Å². The molecule has 1 rings (SSSR count). The molecule has 86 valence electrons. The first-order valence-corrected chi connectivity index (χ1v) is 5.78. The highest BCUT2D eigenvalue weighted by molar-refractivity contribution is 9.10. The Morgan fingerprint density at radius 1 is 1.50 bits per heavy atom. The van der Waals surface area contributed by atoms with Gasteiger partial charge in [-0.25, -0.2) is 0 Å². The number of carbonyl (C=O) groups is 1. The van der Waals surface area contributed by atoms with E-state index in [9.17, 15) is 14.9 Å². The number of halogens is 1. The van der Waals surface area contributed by atoms with Gasteiger partial charge in [-0.15, -0.1) is 0 Å². The van der Waals surface area contributed by atoms with Crippen molar-refractivity contribution in [2.24, 2.45) is 0 Å². The summed E-state index contributed by atoms with van der Waals surface area (Å²) in [6, 6.07) is 4.65. The summed E-state index contributed by atoms with van der Waals surface area (Å²) >= 11 is 3.24.